The van der Waals surface area contributed by atoms with Crippen LogP contribution in [0.2, 0.25) is 0 Å². The van der Waals surface area contributed by atoms with Crippen LogP contribution in [-0.2, 0) is 4.79 Å². The third kappa shape index (κ3) is 2.80. The van der Waals surface area contributed by atoms with Gasteiger partial charge in [0.25, 0.3) is 0 Å². The number of ether oxygens (including phenoxy) is 1. The summed E-state index contributed by atoms with van der Waals surface area (Å²) in [7, 11) is 0. The lowest BCUT2D eigenvalue weighted by atomic mass is 10.2. The van der Waals surface area contributed by atoms with Gasteiger partial charge in [0.15, 0.2) is 0 Å². The van der Waals surface area contributed by atoms with Gasteiger partial charge in [0.1, 0.15) is 5.75 Å². The summed E-state index contributed by atoms with van der Waals surface area (Å²) < 4.78 is 5.56. The molecule has 0 aromatic heterocycles. The van der Waals surface area contributed by atoms with E-state index >= 15 is 0 Å². The van der Waals surface area contributed by atoms with E-state index in [0.29, 0.717) is 26.0 Å². The van der Waals surface area contributed by atoms with Gasteiger partial charge in [-0.15, -0.1) is 0 Å². The molecule has 0 unspecified atom stereocenters. The summed E-state index contributed by atoms with van der Waals surface area (Å²) >= 11 is 0. The summed E-state index contributed by atoms with van der Waals surface area (Å²) in [4.78, 5) is 13.8. The molecule has 4 heteroatoms. The predicted molar refractivity (Wildman–Crippen MR) is 68.4 cm³/mol. The average molecular weight is 244 g/mol. The maximum absolute atomic E-state index is 12.0. The SMILES string of the molecule is N#CCCCCN1C(=O)CCOc2ccccc21. The lowest BCUT2D eigenvalue weighted by Gasteiger charge is -2.21. The Morgan fingerprint density at radius 2 is 2.17 bits per heavy atom. The molecule has 1 aliphatic rings. The number of anilines is 1. The van der Waals surface area contributed by atoms with Gasteiger partial charge in [-0.05, 0) is 25.0 Å². The first-order valence-corrected chi connectivity index (χ1v) is 6.22. The molecule has 0 fully saturated rings. The van der Waals surface area contributed by atoms with E-state index < -0.39 is 0 Å². The molecule has 0 saturated carbocycles. The van der Waals surface area contributed by atoms with E-state index in [1.54, 1.807) is 4.90 Å². The highest BCUT2D eigenvalue weighted by molar-refractivity contribution is 5.95. The van der Waals surface area contributed by atoms with Gasteiger partial charge in [0.05, 0.1) is 24.8 Å². The van der Waals surface area contributed by atoms with E-state index in [2.05, 4.69) is 6.07 Å². The largest absolute Gasteiger partial charge is 0.491 e. The third-order valence-corrected chi connectivity index (χ3v) is 2.95. The van der Waals surface area contributed by atoms with E-state index in [0.717, 1.165) is 24.3 Å². The third-order valence-electron chi connectivity index (χ3n) is 2.95. The molecule has 0 radical (unpaired) electrons. The first-order chi connectivity index (χ1) is 8.83. The van der Waals surface area contributed by atoms with Crippen molar-refractivity contribution in [1.29, 1.82) is 5.26 Å². The molecule has 0 N–H and O–H groups in total. The number of carbonyl (C=O) groups excluding carboxylic acids is 1. The van der Waals surface area contributed by atoms with Crippen LogP contribution < -0.4 is 9.64 Å². The number of fused-ring (bicyclic) bond motifs is 1. The second-order valence-corrected chi connectivity index (χ2v) is 4.23. The first-order valence-electron chi connectivity index (χ1n) is 6.22. The number of nitrogens with zero attached hydrogens (tertiary/aromatic N) is 2. The molecule has 0 atom stereocenters. The number of hydrogen-bond acceptors (Lipinski definition) is 3. The fourth-order valence-electron chi connectivity index (χ4n) is 2.04. The zero-order valence-electron chi connectivity index (χ0n) is 10.3. The second-order valence-electron chi connectivity index (χ2n) is 4.23. The summed E-state index contributed by atoms with van der Waals surface area (Å²) in [6.45, 7) is 1.09. The minimum absolute atomic E-state index is 0.0944. The van der Waals surface area contributed by atoms with Crippen LogP contribution in [0.25, 0.3) is 0 Å². The fraction of sp³-hybridized carbons (Fsp3) is 0.429. The minimum atomic E-state index is 0.0944. The summed E-state index contributed by atoms with van der Waals surface area (Å²) in [6, 6.07) is 9.72. The van der Waals surface area contributed by atoms with Crippen LogP contribution in [0, 0.1) is 11.3 Å². The van der Waals surface area contributed by atoms with Crippen molar-refractivity contribution >= 4 is 11.6 Å². The molecule has 0 spiro atoms. The molecule has 94 valence electrons. The number of rotatable bonds is 4. The highest BCUT2D eigenvalue weighted by atomic mass is 16.5. The Labute approximate surface area is 107 Å². The highest BCUT2D eigenvalue weighted by Gasteiger charge is 2.22. The van der Waals surface area contributed by atoms with E-state index in [9.17, 15) is 4.79 Å². The van der Waals surface area contributed by atoms with Crippen molar-refractivity contribution in [3.8, 4) is 11.8 Å². The van der Waals surface area contributed by atoms with E-state index in [1.165, 1.54) is 0 Å². The summed E-state index contributed by atoms with van der Waals surface area (Å²) in [5.41, 5.74) is 0.844. The Balaban J connectivity index is 2.11. The van der Waals surface area contributed by atoms with E-state index in [-0.39, 0.29) is 5.91 Å². The lowest BCUT2D eigenvalue weighted by Crippen LogP contribution is -2.31. The number of benzene rings is 1. The van der Waals surface area contributed by atoms with Crippen molar-refractivity contribution in [3.05, 3.63) is 24.3 Å². The van der Waals surface area contributed by atoms with Crippen molar-refractivity contribution in [2.45, 2.75) is 25.7 Å². The van der Waals surface area contributed by atoms with Crippen molar-refractivity contribution in [3.63, 3.8) is 0 Å². The van der Waals surface area contributed by atoms with Crippen LogP contribution in [-0.4, -0.2) is 19.1 Å². The van der Waals surface area contributed by atoms with Crippen molar-refractivity contribution in [2.75, 3.05) is 18.1 Å². The smallest absolute Gasteiger partial charge is 0.230 e. The Bertz CT molecular complexity index is 465. The van der Waals surface area contributed by atoms with Gasteiger partial charge in [-0.25, -0.2) is 0 Å². The number of unbranched alkanes of at least 4 members (excludes halogenated alkanes) is 2. The summed E-state index contributed by atoms with van der Waals surface area (Å²) in [5.74, 6) is 0.862. The standard InChI is InChI=1S/C14H16N2O2/c15-9-4-1-5-10-16-12-6-2-3-7-13(12)18-11-8-14(16)17/h2-3,6-7H,1,4-5,8,10-11H2. The average Bonchev–Trinajstić information content (AvgIpc) is 2.54. The van der Waals surface area contributed by atoms with Gasteiger partial charge in [-0.3, -0.25) is 4.79 Å². The van der Waals surface area contributed by atoms with Gasteiger partial charge >= 0.3 is 0 Å². The fourth-order valence-corrected chi connectivity index (χ4v) is 2.04. The van der Waals surface area contributed by atoms with Crippen LogP contribution in [0.5, 0.6) is 5.75 Å². The van der Waals surface area contributed by atoms with Gasteiger partial charge in [0.2, 0.25) is 5.91 Å². The second kappa shape index (κ2) is 6.06. The highest BCUT2D eigenvalue weighted by Crippen LogP contribution is 2.31. The maximum Gasteiger partial charge on any atom is 0.230 e. The monoisotopic (exact) mass is 244 g/mol. The van der Waals surface area contributed by atoms with Crippen molar-refractivity contribution in [1.82, 2.24) is 0 Å². The quantitative estimate of drug-likeness (QED) is 0.765. The molecule has 1 aromatic rings. The molecule has 0 saturated heterocycles. The number of carbonyl (C=O) groups is 1. The molecular weight excluding hydrogens is 228 g/mol. The molecule has 2 rings (SSSR count). The minimum Gasteiger partial charge on any atom is -0.491 e. The normalized spacial score (nSPS) is 14.4. The van der Waals surface area contributed by atoms with Crippen LogP contribution >= 0.6 is 0 Å². The summed E-state index contributed by atoms with van der Waals surface area (Å²) in [6.07, 6.45) is 2.62. The van der Waals surface area contributed by atoms with Gasteiger partial charge in [-0.1, -0.05) is 12.1 Å². The molecular formula is C14H16N2O2. The predicted octanol–water partition coefficient (Wildman–Crippen LogP) is 2.50. The van der Waals surface area contributed by atoms with Crippen LogP contribution in [0.4, 0.5) is 5.69 Å². The van der Waals surface area contributed by atoms with Crippen LogP contribution in [0.15, 0.2) is 24.3 Å². The topological polar surface area (TPSA) is 53.3 Å². The molecule has 4 nitrogen and oxygen atoms in total. The molecule has 1 amide bonds. The number of nitriles is 1. The zero-order valence-corrected chi connectivity index (χ0v) is 10.3. The zero-order chi connectivity index (χ0) is 12.8. The Morgan fingerprint density at radius 3 is 3.00 bits per heavy atom. The molecule has 0 aliphatic carbocycles. The van der Waals surface area contributed by atoms with Gasteiger partial charge < -0.3 is 9.64 Å². The van der Waals surface area contributed by atoms with Crippen LogP contribution in [0.3, 0.4) is 0 Å². The molecule has 1 aromatic carbocycles. The summed E-state index contributed by atoms with van der Waals surface area (Å²) in [5, 5.41) is 8.51. The molecule has 1 heterocycles. The van der Waals surface area contributed by atoms with Gasteiger partial charge in [-0.2, -0.15) is 5.26 Å². The molecule has 0 bridgehead atoms. The Morgan fingerprint density at radius 1 is 1.33 bits per heavy atom. The maximum atomic E-state index is 12.0. The molecule has 18 heavy (non-hydrogen) atoms. The van der Waals surface area contributed by atoms with Crippen LogP contribution in [0.1, 0.15) is 25.7 Å². The Kier molecular flexibility index (Phi) is 4.19. The van der Waals surface area contributed by atoms with E-state index in [4.69, 9.17) is 10.00 Å². The van der Waals surface area contributed by atoms with E-state index in [1.807, 2.05) is 24.3 Å². The number of amides is 1. The number of hydrogen-bond donors (Lipinski definition) is 0. The lowest BCUT2D eigenvalue weighted by molar-refractivity contribution is -0.118. The first kappa shape index (κ1) is 12.4. The number of para-hydroxylation sites is 2. The van der Waals surface area contributed by atoms with Crippen molar-refractivity contribution < 1.29 is 9.53 Å². The van der Waals surface area contributed by atoms with Gasteiger partial charge in [0, 0.05) is 13.0 Å². The van der Waals surface area contributed by atoms with Crippen molar-refractivity contribution in [2.24, 2.45) is 0 Å². The molecule has 1 aliphatic heterocycles. The Hall–Kier alpha value is -2.02.